The summed E-state index contributed by atoms with van der Waals surface area (Å²) in [5.41, 5.74) is 0.992. The maximum atomic E-state index is 12.2. The molecule has 0 bridgehead atoms. The Kier molecular flexibility index (Phi) is 5.80. The third-order valence-electron chi connectivity index (χ3n) is 4.61. The normalized spacial score (nSPS) is 18.2. The fourth-order valence-electron chi connectivity index (χ4n) is 3.03. The summed E-state index contributed by atoms with van der Waals surface area (Å²) in [6.07, 6.45) is 3.88. The second-order valence-electron chi connectivity index (χ2n) is 6.80. The second-order valence-corrected chi connectivity index (χ2v) is 8.25. The fraction of sp³-hybridized carbons (Fsp3) is 0.316. The molecule has 0 unspecified atom stereocenters. The molecule has 0 saturated carbocycles. The van der Waals surface area contributed by atoms with Gasteiger partial charge in [-0.15, -0.1) is 11.3 Å². The predicted molar refractivity (Wildman–Crippen MR) is 114 cm³/mol. The van der Waals surface area contributed by atoms with Gasteiger partial charge in [0.1, 0.15) is 28.6 Å². The lowest BCUT2D eigenvalue weighted by Gasteiger charge is -2.23. The molecule has 0 aromatic carbocycles. The molecule has 156 valence electrons. The third-order valence-corrected chi connectivity index (χ3v) is 6.04. The Labute approximate surface area is 181 Å². The molecule has 1 saturated heterocycles. The number of aromatic nitrogens is 4. The average molecular weight is 447 g/mol. The molecular weight excluding hydrogens is 428 g/mol. The Morgan fingerprint density at radius 3 is 2.83 bits per heavy atom. The van der Waals surface area contributed by atoms with E-state index < -0.39 is 18.2 Å². The SMILES string of the molecule is C[C@H](Nc1nc(Cl)cc(N2C(=O)OC[C@@H]2[C@@H](C)O)n1)c1cnc(-c2ccncc2)s1. The van der Waals surface area contributed by atoms with Crippen molar-refractivity contribution in [1.29, 1.82) is 0 Å². The van der Waals surface area contributed by atoms with E-state index in [-0.39, 0.29) is 29.6 Å². The number of amides is 1. The van der Waals surface area contributed by atoms with Gasteiger partial charge in [0.05, 0.1) is 12.1 Å². The van der Waals surface area contributed by atoms with Crippen LogP contribution >= 0.6 is 22.9 Å². The van der Waals surface area contributed by atoms with Crippen molar-refractivity contribution in [2.75, 3.05) is 16.8 Å². The first kappa shape index (κ1) is 20.5. The van der Waals surface area contributed by atoms with Crippen LogP contribution in [0.25, 0.3) is 10.6 Å². The highest BCUT2D eigenvalue weighted by atomic mass is 35.5. The number of halogens is 1. The number of anilines is 2. The first-order valence-electron chi connectivity index (χ1n) is 9.23. The number of ether oxygens (including phenoxy) is 1. The quantitative estimate of drug-likeness (QED) is 0.553. The fourth-order valence-corrected chi connectivity index (χ4v) is 4.13. The molecule has 11 heteroatoms. The highest BCUT2D eigenvalue weighted by Crippen LogP contribution is 2.31. The van der Waals surface area contributed by atoms with Crippen molar-refractivity contribution in [1.82, 2.24) is 19.9 Å². The Morgan fingerprint density at radius 2 is 2.10 bits per heavy atom. The van der Waals surface area contributed by atoms with Crippen LogP contribution in [0.4, 0.5) is 16.6 Å². The molecule has 4 rings (SSSR count). The van der Waals surface area contributed by atoms with Crippen LogP contribution in [0.1, 0.15) is 24.8 Å². The van der Waals surface area contributed by atoms with Gasteiger partial charge in [-0.3, -0.25) is 9.88 Å². The maximum Gasteiger partial charge on any atom is 0.416 e. The van der Waals surface area contributed by atoms with Crippen molar-refractivity contribution in [3.8, 4) is 10.6 Å². The number of nitrogens with zero attached hydrogens (tertiary/aromatic N) is 5. The van der Waals surface area contributed by atoms with Gasteiger partial charge in [-0.2, -0.15) is 4.98 Å². The van der Waals surface area contributed by atoms with Crippen LogP contribution in [-0.4, -0.2) is 49.9 Å². The van der Waals surface area contributed by atoms with E-state index in [0.29, 0.717) is 0 Å². The number of aliphatic hydroxyl groups excluding tert-OH is 1. The number of aliphatic hydroxyl groups is 1. The lowest BCUT2D eigenvalue weighted by molar-refractivity contribution is 0.142. The Hall–Kier alpha value is -2.82. The molecule has 30 heavy (non-hydrogen) atoms. The van der Waals surface area contributed by atoms with Gasteiger partial charge < -0.3 is 15.2 Å². The predicted octanol–water partition coefficient (Wildman–Crippen LogP) is 3.53. The smallest absolute Gasteiger partial charge is 0.416 e. The minimum Gasteiger partial charge on any atom is -0.447 e. The molecule has 4 heterocycles. The Balaban J connectivity index is 1.55. The summed E-state index contributed by atoms with van der Waals surface area (Å²) in [6.45, 7) is 3.63. The Bertz CT molecular complexity index is 1050. The highest BCUT2D eigenvalue weighted by molar-refractivity contribution is 7.15. The molecule has 1 aliphatic rings. The Morgan fingerprint density at radius 1 is 1.33 bits per heavy atom. The van der Waals surface area contributed by atoms with Crippen molar-refractivity contribution in [3.05, 3.63) is 46.8 Å². The summed E-state index contributed by atoms with van der Waals surface area (Å²) in [5.74, 6) is 0.521. The number of carbonyl (C=O) groups excluding carboxylic acids is 1. The van der Waals surface area contributed by atoms with Gasteiger partial charge in [-0.1, -0.05) is 11.6 Å². The number of hydrogen-bond donors (Lipinski definition) is 2. The number of cyclic esters (lactones) is 1. The average Bonchev–Trinajstić information content (AvgIpc) is 3.35. The van der Waals surface area contributed by atoms with E-state index in [9.17, 15) is 9.90 Å². The van der Waals surface area contributed by atoms with Gasteiger partial charge in [0.25, 0.3) is 0 Å². The van der Waals surface area contributed by atoms with Crippen LogP contribution in [-0.2, 0) is 4.74 Å². The zero-order valence-electron chi connectivity index (χ0n) is 16.2. The van der Waals surface area contributed by atoms with Crippen molar-refractivity contribution in [2.45, 2.75) is 32.0 Å². The molecular formula is C19H19ClN6O3S. The minimum atomic E-state index is -0.788. The van der Waals surface area contributed by atoms with Gasteiger partial charge in [0.15, 0.2) is 0 Å². The van der Waals surface area contributed by atoms with Crippen LogP contribution in [0, 0.1) is 0 Å². The van der Waals surface area contributed by atoms with E-state index in [2.05, 4.69) is 25.3 Å². The minimum absolute atomic E-state index is 0.0793. The zero-order chi connectivity index (χ0) is 21.3. The van der Waals surface area contributed by atoms with Crippen LogP contribution in [0.5, 0.6) is 0 Å². The van der Waals surface area contributed by atoms with Crippen molar-refractivity contribution in [3.63, 3.8) is 0 Å². The van der Waals surface area contributed by atoms with E-state index in [1.54, 1.807) is 36.9 Å². The topological polar surface area (TPSA) is 113 Å². The van der Waals surface area contributed by atoms with Crippen LogP contribution < -0.4 is 10.2 Å². The second kappa shape index (κ2) is 8.50. The van der Waals surface area contributed by atoms with Gasteiger partial charge in [0.2, 0.25) is 5.95 Å². The van der Waals surface area contributed by atoms with E-state index >= 15 is 0 Å². The summed E-state index contributed by atoms with van der Waals surface area (Å²) in [6, 6.07) is 4.58. The molecule has 3 aromatic rings. The number of carbonyl (C=O) groups is 1. The molecule has 0 aliphatic carbocycles. The van der Waals surface area contributed by atoms with Crippen molar-refractivity contribution >= 4 is 40.8 Å². The summed E-state index contributed by atoms with van der Waals surface area (Å²) in [4.78, 5) is 31.5. The molecule has 9 nitrogen and oxygen atoms in total. The maximum absolute atomic E-state index is 12.2. The summed E-state index contributed by atoms with van der Waals surface area (Å²) in [5, 5.41) is 14.2. The van der Waals surface area contributed by atoms with Crippen molar-refractivity contribution in [2.24, 2.45) is 0 Å². The number of thiazole rings is 1. The summed E-state index contributed by atoms with van der Waals surface area (Å²) in [7, 11) is 0. The highest BCUT2D eigenvalue weighted by Gasteiger charge is 2.38. The van der Waals surface area contributed by atoms with Crippen LogP contribution in [0.2, 0.25) is 5.15 Å². The third kappa shape index (κ3) is 4.20. The van der Waals surface area contributed by atoms with E-state index in [1.807, 2.05) is 19.1 Å². The number of rotatable bonds is 6. The first-order chi connectivity index (χ1) is 14.4. The van der Waals surface area contributed by atoms with Gasteiger partial charge in [-0.25, -0.2) is 14.8 Å². The monoisotopic (exact) mass is 446 g/mol. The molecule has 3 aromatic heterocycles. The molecule has 0 radical (unpaired) electrons. The van der Waals surface area contributed by atoms with Gasteiger partial charge >= 0.3 is 6.09 Å². The summed E-state index contributed by atoms with van der Waals surface area (Å²) >= 11 is 7.71. The van der Waals surface area contributed by atoms with E-state index in [4.69, 9.17) is 16.3 Å². The van der Waals surface area contributed by atoms with E-state index in [0.717, 1.165) is 15.4 Å². The standard InChI is InChI=1S/C19H19ClN6O3S/c1-10(14-8-22-17(30-14)12-3-5-21-6-4-12)23-18-24-15(20)7-16(25-18)26-13(11(2)27)9-29-19(26)28/h3-8,10-11,13,27H,9H2,1-2H3,(H,23,24,25)/t10-,11+,13+/m0/s1. The lowest BCUT2D eigenvalue weighted by Crippen LogP contribution is -2.41. The lowest BCUT2D eigenvalue weighted by atomic mass is 10.2. The number of hydrogen-bond acceptors (Lipinski definition) is 9. The van der Waals surface area contributed by atoms with Gasteiger partial charge in [0, 0.05) is 35.1 Å². The molecule has 1 aliphatic heterocycles. The summed E-state index contributed by atoms with van der Waals surface area (Å²) < 4.78 is 5.06. The number of nitrogens with one attached hydrogen (secondary N) is 1. The zero-order valence-corrected chi connectivity index (χ0v) is 17.8. The molecule has 1 amide bonds. The molecule has 1 fully saturated rings. The molecule has 3 atom stereocenters. The number of pyridine rings is 1. The van der Waals surface area contributed by atoms with E-state index in [1.165, 1.54) is 11.0 Å². The molecule has 0 spiro atoms. The van der Waals surface area contributed by atoms with Crippen molar-refractivity contribution < 1.29 is 14.6 Å². The van der Waals surface area contributed by atoms with Gasteiger partial charge in [-0.05, 0) is 26.0 Å². The molecule has 2 N–H and O–H groups in total. The van der Waals surface area contributed by atoms with Crippen LogP contribution in [0.15, 0.2) is 36.8 Å². The van der Waals surface area contributed by atoms with Crippen LogP contribution in [0.3, 0.4) is 0 Å². The first-order valence-corrected chi connectivity index (χ1v) is 10.4. The largest absolute Gasteiger partial charge is 0.447 e.